The molecule has 2 aromatic heterocycles. The van der Waals surface area contributed by atoms with Crippen molar-refractivity contribution in [3.63, 3.8) is 0 Å². The maximum Gasteiger partial charge on any atom is 0.251 e. The largest absolute Gasteiger partial charge is 0.383 e. The van der Waals surface area contributed by atoms with Gasteiger partial charge in [0.2, 0.25) is 5.95 Å². The smallest absolute Gasteiger partial charge is 0.251 e. The van der Waals surface area contributed by atoms with Crippen molar-refractivity contribution in [1.82, 2.24) is 20.3 Å². The predicted octanol–water partition coefficient (Wildman–Crippen LogP) is 6.79. The van der Waals surface area contributed by atoms with E-state index in [1.807, 2.05) is 24.3 Å². The molecule has 6 rings (SSSR count). The van der Waals surface area contributed by atoms with Gasteiger partial charge in [-0.15, -0.1) is 0 Å². The molecule has 3 aliphatic carbocycles. The summed E-state index contributed by atoms with van der Waals surface area (Å²) in [6.07, 6.45) is 21.3. The summed E-state index contributed by atoms with van der Waals surface area (Å²) >= 11 is 0. The third-order valence-corrected chi connectivity index (χ3v) is 7.37. The van der Waals surface area contributed by atoms with E-state index in [4.69, 9.17) is 5.73 Å². The summed E-state index contributed by atoms with van der Waals surface area (Å²) in [5, 5.41) is 6.17. The van der Waals surface area contributed by atoms with Crippen LogP contribution in [-0.4, -0.2) is 26.9 Å². The first kappa shape index (κ1) is 27.4. The van der Waals surface area contributed by atoms with Crippen LogP contribution in [0.5, 0.6) is 0 Å². The van der Waals surface area contributed by atoms with Crippen LogP contribution in [0, 0.1) is 11.8 Å². The van der Waals surface area contributed by atoms with Gasteiger partial charge in [-0.05, 0) is 86.4 Å². The number of hydrogen-bond donors (Lipinski definition) is 3. The first-order valence-corrected chi connectivity index (χ1v) is 14.6. The fraction of sp³-hybridized carbons (Fsp3) is 0.394. The first-order chi connectivity index (χ1) is 19.6. The maximum absolute atomic E-state index is 12.2. The van der Waals surface area contributed by atoms with Crippen molar-refractivity contribution in [3.8, 4) is 11.8 Å². The van der Waals surface area contributed by atoms with Crippen molar-refractivity contribution >= 4 is 28.9 Å². The number of nitrogen functional groups attached to an aromatic ring is 1. The Morgan fingerprint density at radius 2 is 1.65 bits per heavy atom. The number of carbonyl (C=O) groups is 1. The molecule has 1 aromatic carbocycles. The number of nitrogens with two attached hydrogens (primary N) is 1. The number of anilines is 3. The van der Waals surface area contributed by atoms with Gasteiger partial charge in [-0.25, -0.2) is 9.97 Å². The molecule has 0 bridgehead atoms. The highest BCUT2D eigenvalue weighted by Crippen LogP contribution is 2.29. The van der Waals surface area contributed by atoms with E-state index >= 15 is 0 Å². The number of amides is 1. The molecule has 0 radical (unpaired) electrons. The molecule has 2 fully saturated rings. The number of carbonyl (C=O) groups excluding carboxylic acids is 1. The summed E-state index contributed by atoms with van der Waals surface area (Å²) in [5.41, 5.74) is 11.2. The van der Waals surface area contributed by atoms with E-state index < -0.39 is 0 Å². The normalized spacial score (nSPS) is 16.4. The van der Waals surface area contributed by atoms with Gasteiger partial charge in [0, 0.05) is 40.8 Å². The maximum atomic E-state index is 12.2. The summed E-state index contributed by atoms with van der Waals surface area (Å²) in [4.78, 5) is 25.3. The molecule has 7 heteroatoms. The van der Waals surface area contributed by atoms with E-state index in [-0.39, 0.29) is 5.91 Å². The third kappa shape index (κ3) is 8.16. The number of aromatic nitrogens is 3. The van der Waals surface area contributed by atoms with E-state index in [1.54, 1.807) is 24.5 Å². The molecule has 0 aliphatic heterocycles. The molecule has 206 valence electrons. The Hall–Kier alpha value is -4.18. The van der Waals surface area contributed by atoms with Crippen molar-refractivity contribution in [2.24, 2.45) is 0 Å². The quantitative estimate of drug-likeness (QED) is 0.311. The van der Waals surface area contributed by atoms with Crippen molar-refractivity contribution in [2.45, 2.75) is 83.1 Å². The Balaban J connectivity index is 0.000000477. The minimum Gasteiger partial charge on any atom is -0.383 e. The molecular formula is C33H38N6O. The fourth-order valence-electron chi connectivity index (χ4n) is 4.88. The second-order valence-corrected chi connectivity index (χ2v) is 10.7. The minimum atomic E-state index is -0.0743. The van der Waals surface area contributed by atoms with E-state index in [1.165, 1.54) is 56.9 Å². The predicted molar refractivity (Wildman–Crippen MR) is 161 cm³/mol. The van der Waals surface area contributed by atoms with Gasteiger partial charge in [0.25, 0.3) is 5.91 Å². The molecule has 4 N–H and O–H groups in total. The number of benzene rings is 1. The Labute approximate surface area is 237 Å². The lowest BCUT2D eigenvalue weighted by Gasteiger charge is -2.14. The summed E-state index contributed by atoms with van der Waals surface area (Å²) in [7, 11) is 0. The Bertz CT molecular complexity index is 1380. The average Bonchev–Trinajstić information content (AvgIpc) is 3.83. The van der Waals surface area contributed by atoms with E-state index in [2.05, 4.69) is 43.5 Å². The zero-order valence-electron chi connectivity index (χ0n) is 23.1. The van der Waals surface area contributed by atoms with Crippen LogP contribution in [0.15, 0.2) is 54.9 Å². The lowest BCUT2D eigenvalue weighted by atomic mass is 9.95. The molecule has 0 spiro atoms. The number of hydrogen-bond acceptors (Lipinski definition) is 6. The highest BCUT2D eigenvalue weighted by Gasteiger charge is 2.23. The average molecular weight is 535 g/mol. The van der Waals surface area contributed by atoms with Crippen LogP contribution in [0.4, 0.5) is 17.5 Å². The third-order valence-electron chi connectivity index (χ3n) is 7.37. The summed E-state index contributed by atoms with van der Waals surface area (Å²) in [5.74, 6) is 7.01. The summed E-state index contributed by atoms with van der Waals surface area (Å²) < 4.78 is 0. The minimum absolute atomic E-state index is 0.0743. The molecule has 7 nitrogen and oxygen atoms in total. The zero-order valence-corrected chi connectivity index (χ0v) is 23.1. The van der Waals surface area contributed by atoms with E-state index in [0.717, 1.165) is 42.5 Å². The number of nitrogens with zero attached hydrogens (tertiary/aromatic N) is 3. The van der Waals surface area contributed by atoms with Gasteiger partial charge in [-0.2, -0.15) is 4.98 Å². The second-order valence-electron chi connectivity index (χ2n) is 10.7. The van der Waals surface area contributed by atoms with Gasteiger partial charge < -0.3 is 16.4 Å². The van der Waals surface area contributed by atoms with Crippen LogP contribution in [0.1, 0.15) is 104 Å². The standard InChI is InChI=1S/C27H26N6O.C6H12/c28-25-24(19-4-2-1-3-5-19)17-30-27(33-25)32-22-9-6-18(7-10-22)8-11-23-16-20(14-15-29-23)26(34)31-21-12-13-21;1-2-4-6-5-3-1/h4,6-7,9-10,14-17,21H,1-3,5,12-13H2,(H,31,34)(H3,28,30,32,33);1-6H2. The van der Waals surface area contributed by atoms with Crippen LogP contribution < -0.4 is 16.4 Å². The topological polar surface area (TPSA) is 106 Å². The Morgan fingerprint density at radius 3 is 2.30 bits per heavy atom. The van der Waals surface area contributed by atoms with Crippen molar-refractivity contribution < 1.29 is 4.79 Å². The van der Waals surface area contributed by atoms with Gasteiger partial charge in [-0.3, -0.25) is 4.79 Å². The van der Waals surface area contributed by atoms with Crippen LogP contribution in [0.2, 0.25) is 0 Å². The van der Waals surface area contributed by atoms with Gasteiger partial charge in [0.15, 0.2) is 0 Å². The van der Waals surface area contributed by atoms with Crippen LogP contribution in [-0.2, 0) is 0 Å². The molecule has 2 heterocycles. The first-order valence-electron chi connectivity index (χ1n) is 14.6. The van der Waals surface area contributed by atoms with Crippen molar-refractivity contribution in [2.75, 3.05) is 11.1 Å². The van der Waals surface area contributed by atoms with Gasteiger partial charge in [0.05, 0.1) is 0 Å². The molecule has 0 unspecified atom stereocenters. The monoisotopic (exact) mass is 534 g/mol. The molecule has 0 atom stereocenters. The molecular weight excluding hydrogens is 496 g/mol. The van der Waals surface area contributed by atoms with E-state index in [0.29, 0.717) is 29.1 Å². The van der Waals surface area contributed by atoms with Crippen LogP contribution in [0.3, 0.4) is 0 Å². The number of pyridine rings is 1. The van der Waals surface area contributed by atoms with Gasteiger partial charge in [0.1, 0.15) is 11.5 Å². The zero-order chi connectivity index (χ0) is 27.6. The summed E-state index contributed by atoms with van der Waals surface area (Å²) in [6.45, 7) is 0. The number of nitrogens with one attached hydrogen (secondary N) is 2. The molecule has 40 heavy (non-hydrogen) atoms. The number of rotatable bonds is 5. The van der Waals surface area contributed by atoms with Crippen molar-refractivity contribution in [3.05, 3.63) is 77.3 Å². The lowest BCUT2D eigenvalue weighted by Crippen LogP contribution is -2.25. The van der Waals surface area contributed by atoms with Crippen molar-refractivity contribution in [1.29, 1.82) is 0 Å². The SMILES string of the molecule is C1CCCCC1.Nc1nc(Nc2ccc(C#Cc3cc(C(=O)NC4CC4)ccn3)cc2)ncc1C1=CCCCC1. The second kappa shape index (κ2) is 13.7. The highest BCUT2D eigenvalue weighted by molar-refractivity contribution is 5.94. The number of allylic oxidation sites excluding steroid dienone is 2. The molecule has 2 saturated carbocycles. The lowest BCUT2D eigenvalue weighted by molar-refractivity contribution is 0.0951. The Kier molecular flexibility index (Phi) is 9.41. The highest BCUT2D eigenvalue weighted by atomic mass is 16.1. The van der Waals surface area contributed by atoms with E-state index in [9.17, 15) is 4.79 Å². The fourth-order valence-corrected chi connectivity index (χ4v) is 4.88. The molecule has 0 saturated heterocycles. The Morgan fingerprint density at radius 1 is 0.900 bits per heavy atom. The van der Waals surface area contributed by atoms with Gasteiger partial charge >= 0.3 is 0 Å². The van der Waals surface area contributed by atoms with Crippen LogP contribution in [0.25, 0.3) is 5.57 Å². The van der Waals surface area contributed by atoms with Gasteiger partial charge in [-0.1, -0.05) is 50.5 Å². The molecule has 3 aromatic rings. The summed E-state index contributed by atoms with van der Waals surface area (Å²) in [6, 6.07) is 11.4. The molecule has 3 aliphatic rings. The molecule has 1 amide bonds. The van der Waals surface area contributed by atoms with Crippen LogP contribution >= 0.6 is 0 Å².